The summed E-state index contributed by atoms with van der Waals surface area (Å²) in [6, 6.07) is -0.898. The molecule has 0 amide bonds. The van der Waals surface area contributed by atoms with Gasteiger partial charge in [0, 0.05) is 0 Å². The maximum Gasteiger partial charge on any atom is 0.460 e. The Kier molecular flexibility index (Phi) is 31.2. The lowest BCUT2D eigenvalue weighted by molar-refractivity contribution is -0.495. The summed E-state index contributed by atoms with van der Waals surface area (Å²) in [6.45, 7) is -1.60. The summed E-state index contributed by atoms with van der Waals surface area (Å²) in [5.41, 5.74) is -4.67. The fourth-order valence-corrected chi connectivity index (χ4v) is 9.52. The number of rotatable bonds is 44. The van der Waals surface area contributed by atoms with Crippen LogP contribution in [0.5, 0.6) is 0 Å². The Balaban J connectivity index is 3.97. The standard InChI is InChI=1S/C54H16F82O4/c1-9(7-15(55,56)17(59,60)19(63,64)21(67,68)23(71,72)25(75,76)27(79,80)29(83,84)31(87,88)33(91,92)35(95,96)37(99,100)39(103,104)41(107,108)43(111,112)45(115,116)47(119,120)49(123,124)51(127,128)53(131,132)133)139-13(137)11-5-3-4-6-12(11)14(138)140-10(2)8-16(57,58)18(61,62)20(65,66)22(69,70)24(73,74)26(77,78)28(81,82)30(85,86)32(89,90)34(93,94)36(97,98)38(101,102)40(105,106)42(109,110)44(113,114)46(117,118)48(121,122)50(125,126)52(129,130)54(134,135)136/h3-6,9-10H,7-8H2,1-2H3. The Labute approximate surface area is 703 Å². The van der Waals surface area contributed by atoms with Crippen LogP contribution in [0.25, 0.3) is 0 Å². The molecule has 0 spiro atoms. The quantitative estimate of drug-likeness (QED) is 0.0483. The minimum atomic E-state index is -11.0. The highest BCUT2D eigenvalue weighted by Crippen LogP contribution is 2.77. The SMILES string of the molecule is CC(CC(F)(F)C(F)(F)C(F)(F)C(F)(F)C(F)(F)C(F)(F)C(F)(F)C(F)(F)C(F)(F)C(F)(F)C(F)(F)C(F)(F)C(F)(F)C(F)(F)C(F)(F)C(F)(F)C(F)(F)C(F)(F)C(F)(F)C(F)(F)F)OC(=O)c1ccccc1C(=O)OC(C)CC(F)(F)C(F)(F)C(F)(F)C(F)(F)C(F)(F)C(F)(F)C(F)(F)C(F)(F)C(F)(F)C(F)(F)C(F)(F)C(F)(F)C(F)(F)C(F)(F)C(F)(F)C(F)(F)C(F)(F)C(F)(F)C(F)(F)C(F)(F)F. The van der Waals surface area contributed by atoms with E-state index in [0.29, 0.717) is 0 Å². The molecule has 0 fully saturated rings. The molecule has 0 saturated carbocycles. The predicted molar refractivity (Wildman–Crippen MR) is 266 cm³/mol. The molecule has 0 aliphatic carbocycles. The van der Waals surface area contributed by atoms with Gasteiger partial charge in [-0.05, 0) is 26.0 Å². The van der Waals surface area contributed by atoms with Crippen molar-refractivity contribution in [3.05, 3.63) is 35.4 Å². The molecular formula is C54H16F82O4. The smallest absolute Gasteiger partial charge is 0.459 e. The van der Waals surface area contributed by atoms with E-state index in [1.807, 2.05) is 0 Å². The van der Waals surface area contributed by atoms with Crippen LogP contribution in [0.3, 0.4) is 0 Å². The fourth-order valence-electron chi connectivity index (χ4n) is 9.52. The van der Waals surface area contributed by atoms with E-state index in [0.717, 1.165) is 0 Å². The van der Waals surface area contributed by atoms with Gasteiger partial charge in [-0.3, -0.25) is 0 Å². The first-order valence-electron chi connectivity index (χ1n) is 31.3. The van der Waals surface area contributed by atoms with E-state index in [1.165, 1.54) is 0 Å². The maximum atomic E-state index is 14.9. The normalized spacial score (nSPS) is 17.3. The summed E-state index contributed by atoms with van der Waals surface area (Å²) in [7, 11) is 0. The summed E-state index contributed by atoms with van der Waals surface area (Å²) in [5.74, 6) is -400. The molecule has 0 radical (unpaired) electrons. The number of carbonyl (C=O) groups is 2. The molecule has 140 heavy (non-hydrogen) atoms. The molecule has 1 rings (SSSR count). The van der Waals surface area contributed by atoms with Gasteiger partial charge in [0.1, 0.15) is 12.2 Å². The highest BCUT2D eigenvalue weighted by atomic mass is 19.5. The third-order valence-corrected chi connectivity index (χ3v) is 18.1. The van der Waals surface area contributed by atoms with Gasteiger partial charge in [0.05, 0.1) is 24.0 Å². The van der Waals surface area contributed by atoms with Crippen LogP contribution < -0.4 is 0 Å². The highest BCUT2D eigenvalue weighted by Gasteiger charge is 3.07. The zero-order valence-electron chi connectivity index (χ0n) is 61.5. The van der Waals surface area contributed by atoms with Crippen LogP contribution >= 0.6 is 0 Å². The Morgan fingerprint density at radius 3 is 0.343 bits per heavy atom. The van der Waals surface area contributed by atoms with Crippen LogP contribution in [-0.2, 0) is 9.47 Å². The number of ether oxygens (including phenoxy) is 2. The largest absolute Gasteiger partial charge is 0.460 e. The molecule has 0 bridgehead atoms. The van der Waals surface area contributed by atoms with Gasteiger partial charge in [-0.1, -0.05) is 12.1 Å². The van der Waals surface area contributed by atoms with E-state index >= 15 is 0 Å². The summed E-state index contributed by atoms with van der Waals surface area (Å²) in [4.78, 5) is 25.6. The molecule has 2 atom stereocenters. The number of alkyl halides is 82. The third kappa shape index (κ3) is 15.8. The third-order valence-electron chi connectivity index (χ3n) is 18.1. The Morgan fingerprint density at radius 1 is 0.164 bits per heavy atom. The van der Waals surface area contributed by atoms with E-state index in [-0.39, 0.29) is 12.1 Å². The van der Waals surface area contributed by atoms with Crippen molar-refractivity contribution in [1.82, 2.24) is 0 Å². The molecule has 0 heterocycles. The maximum absolute atomic E-state index is 14.9. The van der Waals surface area contributed by atoms with Gasteiger partial charge in [-0.25, -0.2) is 9.59 Å². The zero-order valence-corrected chi connectivity index (χ0v) is 61.5. The van der Waals surface area contributed by atoms with Gasteiger partial charge in [0.25, 0.3) is 0 Å². The minimum Gasteiger partial charge on any atom is -0.459 e. The molecule has 0 aromatic heterocycles. The van der Waals surface area contributed by atoms with E-state index in [2.05, 4.69) is 9.47 Å². The van der Waals surface area contributed by atoms with Crippen molar-refractivity contribution in [2.24, 2.45) is 0 Å². The highest BCUT2D eigenvalue weighted by molar-refractivity contribution is 6.03. The monoisotopic (exact) mass is 2290 g/mol. The Hall–Kier alpha value is -7.58. The van der Waals surface area contributed by atoms with Gasteiger partial charge in [-0.2, -0.15) is 360 Å². The average molecular weight is 2290 g/mol. The van der Waals surface area contributed by atoms with Crippen molar-refractivity contribution < 1.29 is 379 Å². The van der Waals surface area contributed by atoms with Gasteiger partial charge in [0.15, 0.2) is 0 Å². The number of halogens is 82. The topological polar surface area (TPSA) is 52.6 Å². The van der Waals surface area contributed by atoms with Crippen molar-refractivity contribution in [1.29, 1.82) is 0 Å². The first-order chi connectivity index (χ1) is 59.3. The van der Waals surface area contributed by atoms with Crippen molar-refractivity contribution in [3.8, 4) is 0 Å². The van der Waals surface area contributed by atoms with Gasteiger partial charge < -0.3 is 9.47 Å². The Morgan fingerprint density at radius 2 is 0.250 bits per heavy atom. The molecular weight excluding hydrogens is 2270 g/mol. The number of benzene rings is 1. The van der Waals surface area contributed by atoms with Crippen LogP contribution in [0.2, 0.25) is 0 Å². The van der Waals surface area contributed by atoms with Crippen molar-refractivity contribution in [2.45, 2.75) is 276 Å². The lowest BCUT2D eigenvalue weighted by Gasteiger charge is -2.47. The van der Waals surface area contributed by atoms with E-state index in [9.17, 15) is 370 Å². The summed E-state index contributed by atoms with van der Waals surface area (Å²) < 4.78 is 1170. The zero-order chi connectivity index (χ0) is 115. The second-order valence-electron chi connectivity index (χ2n) is 27.5. The molecule has 0 aliphatic heterocycles. The van der Waals surface area contributed by atoms with Crippen molar-refractivity contribution >= 4 is 11.9 Å². The average Bonchev–Trinajstić information content (AvgIpc) is 0.672. The molecule has 0 aliphatic rings. The van der Waals surface area contributed by atoms with E-state index < -0.39 is 312 Å². The van der Waals surface area contributed by atoms with Crippen molar-refractivity contribution in [3.63, 3.8) is 0 Å². The molecule has 830 valence electrons. The molecule has 2 unspecified atom stereocenters. The summed E-state index contributed by atoms with van der Waals surface area (Å²) in [5, 5.41) is 0. The first-order valence-corrected chi connectivity index (χ1v) is 31.3. The summed E-state index contributed by atoms with van der Waals surface area (Å²) >= 11 is 0. The predicted octanol–water partition coefficient (Wildman–Crippen LogP) is 28.8. The first kappa shape index (κ1) is 130. The second kappa shape index (κ2) is 33.5. The number of carbonyl (C=O) groups excluding carboxylic acids is 2. The molecule has 4 nitrogen and oxygen atoms in total. The van der Waals surface area contributed by atoms with Crippen LogP contribution in [0, 0.1) is 0 Å². The van der Waals surface area contributed by atoms with Crippen molar-refractivity contribution in [2.75, 3.05) is 0 Å². The van der Waals surface area contributed by atoms with Crippen LogP contribution in [0.1, 0.15) is 47.4 Å². The van der Waals surface area contributed by atoms with Gasteiger partial charge >= 0.3 is 249 Å². The molecule has 1 aromatic rings. The minimum absolute atomic E-state index is 0.0232. The van der Waals surface area contributed by atoms with Crippen LogP contribution in [0.4, 0.5) is 360 Å². The number of hydrogen-bond acceptors (Lipinski definition) is 4. The Bertz CT molecular complexity index is 4300. The molecule has 1 aromatic carbocycles. The molecule has 0 saturated heterocycles. The van der Waals surface area contributed by atoms with Crippen LogP contribution in [-0.4, -0.2) is 262 Å². The van der Waals surface area contributed by atoms with E-state index in [4.69, 9.17) is 0 Å². The second-order valence-corrected chi connectivity index (χ2v) is 27.5. The number of hydrogen-bond donors (Lipinski definition) is 0. The van der Waals surface area contributed by atoms with E-state index in [1.54, 1.807) is 0 Å². The number of esters is 2. The summed E-state index contributed by atoms with van der Waals surface area (Å²) in [6.07, 6.45) is -34.2. The molecule has 0 N–H and O–H groups in total. The van der Waals surface area contributed by atoms with Crippen LogP contribution in [0.15, 0.2) is 24.3 Å². The fraction of sp³-hybridized carbons (Fsp3) is 0.852. The lowest BCUT2D eigenvalue weighted by Crippen LogP contribution is -2.80. The molecule has 86 heteroatoms. The van der Waals surface area contributed by atoms with Gasteiger partial charge in [0.2, 0.25) is 0 Å². The van der Waals surface area contributed by atoms with Gasteiger partial charge in [-0.15, -0.1) is 0 Å². The lowest BCUT2D eigenvalue weighted by atomic mass is 9.81.